The van der Waals surface area contributed by atoms with E-state index < -0.39 is 21.3 Å². The molecule has 0 spiro atoms. The lowest BCUT2D eigenvalue weighted by Crippen LogP contribution is -2.60. The topological polar surface area (TPSA) is 69.6 Å². The van der Waals surface area contributed by atoms with Crippen molar-refractivity contribution in [1.29, 1.82) is 0 Å². The molecular weight excluding hydrogens is 288 g/mol. The van der Waals surface area contributed by atoms with Crippen molar-refractivity contribution in [3.05, 3.63) is 35.4 Å². The Morgan fingerprint density at radius 3 is 2.29 bits per heavy atom. The predicted molar refractivity (Wildman–Crippen MR) is 83.0 cm³/mol. The van der Waals surface area contributed by atoms with Gasteiger partial charge in [0.2, 0.25) is 0 Å². The molecule has 1 aromatic rings. The Kier molecular flexibility index (Phi) is 4.19. The van der Waals surface area contributed by atoms with Crippen LogP contribution in [0.25, 0.3) is 0 Å². The lowest BCUT2D eigenvalue weighted by atomic mass is 9.87. The molecule has 1 aliphatic rings. The smallest absolute Gasteiger partial charge is 0.280 e. The average molecular weight is 312 g/mol. The van der Waals surface area contributed by atoms with Gasteiger partial charge in [-0.2, -0.15) is 17.4 Å². The Hall–Kier alpha value is -0.950. The Morgan fingerprint density at radius 2 is 1.71 bits per heavy atom. The zero-order chi connectivity index (χ0) is 15.9. The van der Waals surface area contributed by atoms with E-state index in [0.717, 1.165) is 5.56 Å². The van der Waals surface area contributed by atoms with Gasteiger partial charge in [-0.05, 0) is 45.2 Å². The molecular formula is C15H24N2O3S. The third-order valence-electron chi connectivity index (χ3n) is 4.35. The molecule has 1 aliphatic heterocycles. The molecule has 0 unspecified atom stereocenters. The van der Waals surface area contributed by atoms with Crippen LogP contribution in [0.1, 0.15) is 38.8 Å². The number of nitrogens with one attached hydrogen (secondary N) is 1. The van der Waals surface area contributed by atoms with E-state index >= 15 is 0 Å². The molecule has 0 bridgehead atoms. The first-order valence-electron chi connectivity index (χ1n) is 7.11. The van der Waals surface area contributed by atoms with Crippen LogP contribution in [0.5, 0.6) is 0 Å². The first kappa shape index (κ1) is 16.4. The lowest BCUT2D eigenvalue weighted by molar-refractivity contribution is 0.00557. The number of hydrogen-bond acceptors (Lipinski definition) is 3. The van der Waals surface area contributed by atoms with Crippen molar-refractivity contribution in [3.8, 4) is 0 Å². The average Bonchev–Trinajstić information content (AvgIpc) is 2.35. The van der Waals surface area contributed by atoms with E-state index in [9.17, 15) is 13.5 Å². The highest BCUT2D eigenvalue weighted by Crippen LogP contribution is 2.25. The largest absolute Gasteiger partial charge is 0.389 e. The van der Waals surface area contributed by atoms with Gasteiger partial charge < -0.3 is 5.11 Å². The predicted octanol–water partition coefficient (Wildman–Crippen LogP) is 1.43. The van der Waals surface area contributed by atoms with E-state index in [4.69, 9.17) is 0 Å². The third kappa shape index (κ3) is 3.45. The minimum absolute atomic E-state index is 0.368. The number of aliphatic hydroxyl groups is 1. The minimum Gasteiger partial charge on any atom is -0.389 e. The molecule has 2 rings (SSSR count). The fourth-order valence-electron chi connectivity index (χ4n) is 2.19. The van der Waals surface area contributed by atoms with Crippen molar-refractivity contribution < 1.29 is 13.5 Å². The van der Waals surface area contributed by atoms with Crippen LogP contribution in [0, 0.1) is 0 Å². The molecule has 0 saturated carbocycles. The maximum absolute atomic E-state index is 12.6. The fourth-order valence-corrected chi connectivity index (χ4v) is 3.85. The summed E-state index contributed by atoms with van der Waals surface area (Å²) in [5.74, 6) is 0. The fraction of sp³-hybridized carbons (Fsp3) is 0.600. The highest BCUT2D eigenvalue weighted by atomic mass is 32.2. The van der Waals surface area contributed by atoms with Gasteiger partial charge in [0.1, 0.15) is 0 Å². The van der Waals surface area contributed by atoms with Gasteiger partial charge in [-0.1, -0.05) is 24.3 Å². The Morgan fingerprint density at radius 1 is 1.14 bits per heavy atom. The maximum atomic E-state index is 12.6. The summed E-state index contributed by atoms with van der Waals surface area (Å²) in [6, 6.07) is 7.88. The molecule has 0 fully saturated rings. The van der Waals surface area contributed by atoms with Gasteiger partial charge in [0.05, 0.1) is 11.1 Å². The Balaban J connectivity index is 2.19. The van der Waals surface area contributed by atoms with Gasteiger partial charge in [-0.25, -0.2) is 0 Å². The number of hydrogen-bond donors (Lipinski definition) is 2. The quantitative estimate of drug-likeness (QED) is 0.883. The van der Waals surface area contributed by atoms with Crippen LogP contribution in [0.3, 0.4) is 0 Å². The summed E-state index contributed by atoms with van der Waals surface area (Å²) in [5, 5.41) is 10.1. The number of fused-ring (bicyclic) bond motifs is 1. The highest BCUT2D eigenvalue weighted by Gasteiger charge is 2.40. The van der Waals surface area contributed by atoms with Crippen molar-refractivity contribution >= 4 is 10.2 Å². The van der Waals surface area contributed by atoms with Gasteiger partial charge in [0.15, 0.2) is 0 Å². The molecule has 0 amide bonds. The van der Waals surface area contributed by atoms with Crippen LogP contribution >= 0.6 is 0 Å². The minimum atomic E-state index is -3.64. The second-order valence-electron chi connectivity index (χ2n) is 6.64. The zero-order valence-electron chi connectivity index (χ0n) is 13.0. The molecule has 0 saturated heterocycles. The summed E-state index contributed by atoms with van der Waals surface area (Å²) in [4.78, 5) is 0. The van der Waals surface area contributed by atoms with E-state index in [1.807, 2.05) is 24.3 Å². The van der Waals surface area contributed by atoms with E-state index in [-0.39, 0.29) is 0 Å². The molecule has 118 valence electrons. The number of benzene rings is 1. The van der Waals surface area contributed by atoms with E-state index in [1.54, 1.807) is 27.7 Å². The SMILES string of the molecule is CC(C)(O)C(C)(C)NS(=O)(=O)N1CCc2ccccc2C1. The second-order valence-corrected chi connectivity index (χ2v) is 8.31. The molecule has 1 aromatic carbocycles. The van der Waals surface area contributed by atoms with Gasteiger partial charge in [0.25, 0.3) is 10.2 Å². The maximum Gasteiger partial charge on any atom is 0.280 e. The van der Waals surface area contributed by atoms with Gasteiger partial charge in [-0.15, -0.1) is 0 Å². The Bertz CT molecular complexity index is 618. The molecule has 0 aromatic heterocycles. The normalized spacial score (nSPS) is 17.6. The summed E-state index contributed by atoms with van der Waals surface area (Å²) < 4.78 is 29.2. The first-order chi connectivity index (χ1) is 9.53. The van der Waals surface area contributed by atoms with E-state index in [0.29, 0.717) is 19.5 Å². The summed E-state index contributed by atoms with van der Waals surface area (Å²) in [6.07, 6.45) is 0.708. The summed E-state index contributed by atoms with van der Waals surface area (Å²) in [7, 11) is -3.64. The molecule has 0 radical (unpaired) electrons. The molecule has 1 heterocycles. The zero-order valence-corrected chi connectivity index (χ0v) is 13.9. The number of rotatable bonds is 4. The highest BCUT2D eigenvalue weighted by molar-refractivity contribution is 7.87. The lowest BCUT2D eigenvalue weighted by Gasteiger charge is -2.39. The first-order valence-corrected chi connectivity index (χ1v) is 8.55. The summed E-state index contributed by atoms with van der Waals surface area (Å²) >= 11 is 0. The van der Waals surface area contributed by atoms with Crippen molar-refractivity contribution in [2.75, 3.05) is 6.54 Å². The summed E-state index contributed by atoms with van der Waals surface area (Å²) in [6.45, 7) is 7.38. The van der Waals surface area contributed by atoms with Crippen LogP contribution in [0.4, 0.5) is 0 Å². The molecule has 6 heteroatoms. The standard InChI is InChI=1S/C15H24N2O3S/c1-14(2,15(3,4)18)16-21(19,20)17-10-9-12-7-5-6-8-13(12)11-17/h5-8,16,18H,9-11H2,1-4H3. The van der Waals surface area contributed by atoms with Gasteiger partial charge in [-0.3, -0.25) is 0 Å². The molecule has 2 N–H and O–H groups in total. The van der Waals surface area contributed by atoms with Gasteiger partial charge in [0, 0.05) is 13.1 Å². The van der Waals surface area contributed by atoms with Crippen LogP contribution in [-0.4, -0.2) is 35.5 Å². The van der Waals surface area contributed by atoms with Crippen LogP contribution in [0.15, 0.2) is 24.3 Å². The van der Waals surface area contributed by atoms with Crippen molar-refractivity contribution in [2.45, 2.75) is 51.8 Å². The molecule has 21 heavy (non-hydrogen) atoms. The second kappa shape index (κ2) is 5.35. The molecule has 0 aliphatic carbocycles. The summed E-state index contributed by atoms with van der Waals surface area (Å²) in [5.41, 5.74) is 0.122. The van der Waals surface area contributed by atoms with Crippen molar-refractivity contribution in [3.63, 3.8) is 0 Å². The van der Waals surface area contributed by atoms with Crippen molar-refractivity contribution in [1.82, 2.24) is 9.03 Å². The van der Waals surface area contributed by atoms with Crippen LogP contribution in [0.2, 0.25) is 0 Å². The van der Waals surface area contributed by atoms with Gasteiger partial charge >= 0.3 is 0 Å². The molecule has 0 atom stereocenters. The monoisotopic (exact) mass is 312 g/mol. The van der Waals surface area contributed by atoms with Crippen LogP contribution < -0.4 is 4.72 Å². The number of nitrogens with zero attached hydrogens (tertiary/aromatic N) is 1. The Labute approximate surface area is 127 Å². The van der Waals surface area contributed by atoms with E-state index in [2.05, 4.69) is 4.72 Å². The molecule has 5 nitrogen and oxygen atoms in total. The van der Waals surface area contributed by atoms with Crippen LogP contribution in [-0.2, 0) is 23.2 Å². The van der Waals surface area contributed by atoms with E-state index in [1.165, 1.54) is 9.87 Å². The van der Waals surface area contributed by atoms with Crippen molar-refractivity contribution in [2.24, 2.45) is 0 Å². The third-order valence-corrected chi connectivity index (χ3v) is 6.11.